The summed E-state index contributed by atoms with van der Waals surface area (Å²) in [6.45, 7) is 3.61. The highest BCUT2D eigenvalue weighted by atomic mass is 32.2. The zero-order chi connectivity index (χ0) is 19.0. The number of nitrogens with zero attached hydrogens (tertiary/aromatic N) is 2. The molecule has 6 heteroatoms. The average Bonchev–Trinajstić information content (AvgIpc) is 3.26. The van der Waals surface area contributed by atoms with Gasteiger partial charge in [-0.1, -0.05) is 18.2 Å². The Kier molecular flexibility index (Phi) is 4.70. The summed E-state index contributed by atoms with van der Waals surface area (Å²) in [4.78, 5) is 5.52. The van der Waals surface area contributed by atoms with Crippen LogP contribution >= 0.6 is 0 Å². The van der Waals surface area contributed by atoms with Gasteiger partial charge in [-0.2, -0.15) is 0 Å². The van der Waals surface area contributed by atoms with Crippen molar-refractivity contribution in [3.8, 4) is 0 Å². The van der Waals surface area contributed by atoms with Crippen LogP contribution in [0.1, 0.15) is 30.5 Å². The van der Waals surface area contributed by atoms with E-state index in [2.05, 4.69) is 48.1 Å². The molecule has 5 nitrogen and oxygen atoms in total. The van der Waals surface area contributed by atoms with Gasteiger partial charge in [-0.05, 0) is 67.2 Å². The van der Waals surface area contributed by atoms with Crippen molar-refractivity contribution in [1.82, 2.24) is 9.88 Å². The van der Waals surface area contributed by atoms with Crippen LogP contribution in [-0.2, 0) is 16.6 Å². The number of H-pyrrole nitrogens is 1. The zero-order valence-electron chi connectivity index (χ0n) is 15.7. The SMILES string of the molecule is CC(c1ccc(N2CCCS2(=O)=O)cc1)N(C)Cc1ccc2[nH]ccc2c1. The number of aromatic amines is 1. The van der Waals surface area contributed by atoms with Crippen molar-refractivity contribution >= 4 is 26.6 Å². The van der Waals surface area contributed by atoms with Gasteiger partial charge in [0.25, 0.3) is 0 Å². The Morgan fingerprint density at radius 1 is 1.15 bits per heavy atom. The van der Waals surface area contributed by atoms with Crippen LogP contribution in [-0.4, -0.2) is 37.6 Å². The van der Waals surface area contributed by atoms with E-state index in [0.29, 0.717) is 13.0 Å². The van der Waals surface area contributed by atoms with Gasteiger partial charge in [-0.25, -0.2) is 8.42 Å². The van der Waals surface area contributed by atoms with E-state index in [1.807, 2.05) is 30.5 Å². The Morgan fingerprint density at radius 3 is 2.63 bits per heavy atom. The first-order valence-electron chi connectivity index (χ1n) is 9.31. The highest BCUT2D eigenvalue weighted by Crippen LogP contribution is 2.28. The van der Waals surface area contributed by atoms with Crippen LogP contribution in [0, 0.1) is 0 Å². The van der Waals surface area contributed by atoms with Crippen molar-refractivity contribution in [2.75, 3.05) is 23.7 Å². The molecule has 0 saturated carbocycles. The van der Waals surface area contributed by atoms with Crippen LogP contribution in [0.15, 0.2) is 54.7 Å². The molecule has 142 valence electrons. The van der Waals surface area contributed by atoms with E-state index in [0.717, 1.165) is 17.7 Å². The Labute approximate surface area is 160 Å². The summed E-state index contributed by atoms with van der Waals surface area (Å²) in [5.41, 5.74) is 4.38. The van der Waals surface area contributed by atoms with Crippen LogP contribution in [0.3, 0.4) is 0 Å². The molecule has 3 aromatic rings. The van der Waals surface area contributed by atoms with Crippen LogP contribution in [0.2, 0.25) is 0 Å². The van der Waals surface area contributed by atoms with E-state index in [1.165, 1.54) is 20.8 Å². The third-order valence-electron chi connectivity index (χ3n) is 5.47. The predicted octanol–water partition coefficient (Wildman–Crippen LogP) is 3.90. The van der Waals surface area contributed by atoms with Crippen molar-refractivity contribution in [2.24, 2.45) is 0 Å². The minimum atomic E-state index is -3.12. The molecule has 0 amide bonds. The lowest BCUT2D eigenvalue weighted by Crippen LogP contribution is -2.25. The molecule has 27 heavy (non-hydrogen) atoms. The van der Waals surface area contributed by atoms with Gasteiger partial charge in [-0.3, -0.25) is 9.21 Å². The summed E-state index contributed by atoms with van der Waals surface area (Å²) >= 11 is 0. The summed E-state index contributed by atoms with van der Waals surface area (Å²) in [6.07, 6.45) is 2.66. The average molecular weight is 384 g/mol. The molecule has 0 radical (unpaired) electrons. The second kappa shape index (κ2) is 7.02. The zero-order valence-corrected chi connectivity index (χ0v) is 16.5. The lowest BCUT2D eigenvalue weighted by Gasteiger charge is -2.26. The maximum atomic E-state index is 12.1. The van der Waals surface area contributed by atoms with Gasteiger partial charge in [0.15, 0.2) is 0 Å². The molecule has 1 N–H and O–H groups in total. The van der Waals surface area contributed by atoms with E-state index < -0.39 is 10.0 Å². The van der Waals surface area contributed by atoms with E-state index in [9.17, 15) is 8.42 Å². The molecule has 0 aliphatic carbocycles. The molecular formula is C21H25N3O2S. The molecule has 1 saturated heterocycles. The third kappa shape index (κ3) is 3.59. The molecular weight excluding hydrogens is 358 g/mol. The Morgan fingerprint density at radius 2 is 1.93 bits per heavy atom. The molecule has 1 atom stereocenters. The number of sulfonamides is 1. The van der Waals surface area contributed by atoms with Crippen LogP contribution < -0.4 is 4.31 Å². The molecule has 1 aliphatic heterocycles. The van der Waals surface area contributed by atoms with Gasteiger partial charge in [0.05, 0.1) is 11.4 Å². The Bertz CT molecular complexity index is 1040. The van der Waals surface area contributed by atoms with Crippen molar-refractivity contribution < 1.29 is 8.42 Å². The standard InChI is InChI=1S/C21H25N3O2S/c1-16(23(2)15-17-4-9-21-19(14-17)10-11-22-21)18-5-7-20(8-6-18)24-12-3-13-27(24,25)26/h4-11,14,16,22H,3,12-13,15H2,1-2H3. The number of fused-ring (bicyclic) bond motifs is 1. The minimum absolute atomic E-state index is 0.233. The smallest absolute Gasteiger partial charge is 0.235 e. The molecule has 2 aromatic carbocycles. The first-order chi connectivity index (χ1) is 12.9. The molecule has 1 fully saturated rings. The lowest BCUT2D eigenvalue weighted by atomic mass is 10.1. The van der Waals surface area contributed by atoms with Crippen LogP contribution in [0.4, 0.5) is 5.69 Å². The summed E-state index contributed by atoms with van der Waals surface area (Å²) in [6, 6.07) is 16.8. The number of rotatable bonds is 5. The van der Waals surface area contributed by atoms with Crippen LogP contribution in [0.25, 0.3) is 10.9 Å². The van der Waals surface area contributed by atoms with Gasteiger partial charge in [0, 0.05) is 30.8 Å². The summed E-state index contributed by atoms with van der Waals surface area (Å²) < 4.78 is 25.7. The number of nitrogens with one attached hydrogen (secondary N) is 1. The molecule has 1 aromatic heterocycles. The molecule has 4 rings (SSSR count). The van der Waals surface area contributed by atoms with E-state index in [4.69, 9.17) is 0 Å². The molecule has 1 unspecified atom stereocenters. The summed E-state index contributed by atoms with van der Waals surface area (Å²) in [5, 5.41) is 1.23. The fraction of sp³-hybridized carbons (Fsp3) is 0.333. The number of anilines is 1. The fourth-order valence-electron chi connectivity index (χ4n) is 3.73. The van der Waals surface area contributed by atoms with Gasteiger partial charge in [-0.15, -0.1) is 0 Å². The summed E-state index contributed by atoms with van der Waals surface area (Å²) in [5.74, 6) is 0.249. The van der Waals surface area contributed by atoms with Crippen LogP contribution in [0.5, 0.6) is 0 Å². The quantitative estimate of drug-likeness (QED) is 0.727. The number of benzene rings is 2. The maximum Gasteiger partial charge on any atom is 0.235 e. The first-order valence-corrected chi connectivity index (χ1v) is 10.9. The van der Waals surface area contributed by atoms with Crippen molar-refractivity contribution in [3.63, 3.8) is 0 Å². The molecule has 1 aliphatic rings. The Balaban J connectivity index is 1.47. The van der Waals surface area contributed by atoms with Gasteiger partial charge in [0.1, 0.15) is 0 Å². The van der Waals surface area contributed by atoms with E-state index in [1.54, 1.807) is 0 Å². The van der Waals surface area contributed by atoms with Crippen molar-refractivity contribution in [3.05, 3.63) is 65.9 Å². The number of hydrogen-bond donors (Lipinski definition) is 1. The normalized spacial score (nSPS) is 17.7. The highest BCUT2D eigenvalue weighted by molar-refractivity contribution is 7.93. The van der Waals surface area contributed by atoms with Crippen molar-refractivity contribution in [1.29, 1.82) is 0 Å². The second-order valence-corrected chi connectivity index (χ2v) is 9.34. The second-order valence-electron chi connectivity index (χ2n) is 7.32. The minimum Gasteiger partial charge on any atom is -0.361 e. The van der Waals surface area contributed by atoms with Gasteiger partial charge < -0.3 is 4.98 Å². The topological polar surface area (TPSA) is 56.4 Å². The highest BCUT2D eigenvalue weighted by Gasteiger charge is 2.28. The predicted molar refractivity (Wildman–Crippen MR) is 110 cm³/mol. The molecule has 0 bridgehead atoms. The fourth-order valence-corrected chi connectivity index (χ4v) is 5.29. The van der Waals surface area contributed by atoms with E-state index in [-0.39, 0.29) is 11.8 Å². The first kappa shape index (κ1) is 18.1. The summed E-state index contributed by atoms with van der Waals surface area (Å²) in [7, 11) is -1.01. The molecule has 2 heterocycles. The largest absolute Gasteiger partial charge is 0.361 e. The Hall–Kier alpha value is -2.31. The monoisotopic (exact) mass is 383 g/mol. The van der Waals surface area contributed by atoms with Gasteiger partial charge >= 0.3 is 0 Å². The maximum absolute atomic E-state index is 12.1. The number of aromatic nitrogens is 1. The van der Waals surface area contributed by atoms with Crippen molar-refractivity contribution in [2.45, 2.75) is 25.9 Å². The van der Waals surface area contributed by atoms with Gasteiger partial charge in [0.2, 0.25) is 10.0 Å². The van der Waals surface area contributed by atoms with E-state index >= 15 is 0 Å². The third-order valence-corrected chi connectivity index (χ3v) is 7.34. The number of hydrogen-bond acceptors (Lipinski definition) is 3. The molecule has 0 spiro atoms. The lowest BCUT2D eigenvalue weighted by molar-refractivity contribution is 0.253.